The Morgan fingerprint density at radius 3 is 2.03 bits per heavy atom. The molecular weight excluding hydrogens is 428 g/mol. The van der Waals surface area contributed by atoms with Crippen LogP contribution in [0.1, 0.15) is 44.9 Å². The molecule has 8 nitrogen and oxygen atoms in total. The highest BCUT2D eigenvalue weighted by molar-refractivity contribution is 7.93. The number of nitrogens with one attached hydrogen (secondary N) is 1. The average Bonchev–Trinajstić information content (AvgIpc) is 3.34. The molecule has 1 aromatic carbocycles. The van der Waals surface area contributed by atoms with E-state index in [0.717, 1.165) is 44.5 Å². The molecule has 1 aromatic rings. The molecule has 176 valence electrons. The van der Waals surface area contributed by atoms with Gasteiger partial charge < -0.3 is 14.7 Å². The van der Waals surface area contributed by atoms with Gasteiger partial charge in [-0.05, 0) is 56.4 Å². The number of piperazine rings is 1. The number of hydrogen-bond donors (Lipinski definition) is 1. The molecule has 9 heteroatoms. The van der Waals surface area contributed by atoms with Gasteiger partial charge in [0.1, 0.15) is 5.75 Å². The number of hydrogen-bond acceptors (Lipinski definition) is 5. The number of piperidine rings is 1. The van der Waals surface area contributed by atoms with Gasteiger partial charge in [-0.25, -0.2) is 8.42 Å². The minimum atomic E-state index is -3.80. The number of amides is 2. The van der Waals surface area contributed by atoms with Gasteiger partial charge in [0, 0.05) is 56.6 Å². The van der Waals surface area contributed by atoms with Gasteiger partial charge in [-0.2, -0.15) is 0 Å². The Morgan fingerprint density at radius 1 is 0.812 bits per heavy atom. The average molecular weight is 463 g/mol. The summed E-state index contributed by atoms with van der Waals surface area (Å²) in [7, 11) is -3.80. The van der Waals surface area contributed by atoms with Crippen molar-refractivity contribution in [3.8, 4) is 0 Å². The number of nitrogens with zero attached hydrogens (tertiary/aromatic N) is 3. The van der Waals surface area contributed by atoms with Crippen molar-refractivity contribution >= 4 is 33.2 Å². The van der Waals surface area contributed by atoms with E-state index in [2.05, 4.69) is 9.62 Å². The first-order valence-corrected chi connectivity index (χ1v) is 13.5. The normalized spacial score (nSPS) is 20.4. The van der Waals surface area contributed by atoms with E-state index < -0.39 is 21.7 Å². The van der Waals surface area contributed by atoms with Crippen LogP contribution in [-0.2, 0) is 19.6 Å². The van der Waals surface area contributed by atoms with Crippen molar-refractivity contribution in [2.45, 2.75) is 44.9 Å². The maximum absolute atomic E-state index is 12.6. The van der Waals surface area contributed by atoms with Crippen LogP contribution in [0.3, 0.4) is 0 Å². The smallest absolute Gasteiger partial charge is 0.241 e. The fourth-order valence-corrected chi connectivity index (χ4v) is 6.04. The van der Waals surface area contributed by atoms with Crippen molar-refractivity contribution in [2.24, 2.45) is 5.92 Å². The van der Waals surface area contributed by atoms with Crippen molar-refractivity contribution in [1.29, 1.82) is 0 Å². The molecule has 1 N–H and O–H groups in total. The molecule has 1 saturated carbocycles. The minimum absolute atomic E-state index is 0.128. The fourth-order valence-electron chi connectivity index (χ4n) is 4.97. The van der Waals surface area contributed by atoms with E-state index in [9.17, 15) is 18.0 Å². The van der Waals surface area contributed by atoms with Gasteiger partial charge in [-0.3, -0.25) is 14.3 Å². The Bertz CT molecular complexity index is 898. The summed E-state index contributed by atoms with van der Waals surface area (Å²) in [6.45, 7) is 3.78. The lowest BCUT2D eigenvalue weighted by atomic mass is 10.1. The Morgan fingerprint density at radius 2 is 1.41 bits per heavy atom. The Labute approximate surface area is 191 Å². The maximum Gasteiger partial charge on any atom is 0.241 e. The molecule has 0 aromatic heterocycles. The van der Waals surface area contributed by atoms with Crippen LogP contribution in [0.5, 0.6) is 0 Å². The summed E-state index contributed by atoms with van der Waals surface area (Å²) in [5, 5.41) is 0. The number of sulfonamides is 1. The standard InChI is InChI=1S/C23H34N4O4S/c28-22(26-14-16-27(17-15-26)23(29)19-6-2-3-7-19)18-32(30,31)24-20-8-10-21(11-9-20)25-12-4-1-5-13-25/h8-11,19,24H,1-7,12-18H2. The highest BCUT2D eigenvalue weighted by atomic mass is 32.2. The number of carbonyl (C=O) groups is 2. The van der Waals surface area contributed by atoms with E-state index >= 15 is 0 Å². The summed E-state index contributed by atoms with van der Waals surface area (Å²) in [5.74, 6) is -0.687. The van der Waals surface area contributed by atoms with Crippen molar-refractivity contribution < 1.29 is 18.0 Å². The van der Waals surface area contributed by atoms with E-state index in [1.54, 1.807) is 17.0 Å². The lowest BCUT2D eigenvalue weighted by Crippen LogP contribution is -2.53. The van der Waals surface area contributed by atoms with Gasteiger partial charge >= 0.3 is 0 Å². The van der Waals surface area contributed by atoms with Crippen LogP contribution in [0, 0.1) is 5.92 Å². The molecule has 4 rings (SSSR count). The second-order valence-electron chi connectivity index (χ2n) is 9.14. The van der Waals surface area contributed by atoms with Crippen LogP contribution in [0.2, 0.25) is 0 Å². The summed E-state index contributed by atoms with van der Waals surface area (Å²) >= 11 is 0. The van der Waals surface area contributed by atoms with Crippen molar-refractivity contribution in [2.75, 3.05) is 54.6 Å². The molecule has 1 aliphatic carbocycles. The summed E-state index contributed by atoms with van der Waals surface area (Å²) < 4.78 is 27.6. The molecule has 0 spiro atoms. The van der Waals surface area contributed by atoms with Gasteiger partial charge in [0.05, 0.1) is 0 Å². The number of carbonyl (C=O) groups excluding carboxylic acids is 2. The third kappa shape index (κ3) is 5.74. The molecule has 32 heavy (non-hydrogen) atoms. The maximum atomic E-state index is 12.6. The predicted octanol–water partition coefficient (Wildman–Crippen LogP) is 2.28. The molecule has 2 amide bonds. The van der Waals surface area contributed by atoms with Crippen molar-refractivity contribution in [3.63, 3.8) is 0 Å². The quantitative estimate of drug-likeness (QED) is 0.701. The lowest BCUT2D eigenvalue weighted by Gasteiger charge is -2.36. The monoisotopic (exact) mass is 462 g/mol. The van der Waals surface area contributed by atoms with Crippen LogP contribution in [0.25, 0.3) is 0 Å². The van der Waals surface area contributed by atoms with Crippen LogP contribution in [-0.4, -0.2) is 75.1 Å². The van der Waals surface area contributed by atoms with Crippen molar-refractivity contribution in [1.82, 2.24) is 9.80 Å². The lowest BCUT2D eigenvalue weighted by molar-refractivity contribution is -0.141. The molecule has 2 heterocycles. The third-order valence-electron chi connectivity index (χ3n) is 6.82. The van der Waals surface area contributed by atoms with E-state index in [1.807, 2.05) is 17.0 Å². The second-order valence-corrected chi connectivity index (χ2v) is 10.9. The largest absolute Gasteiger partial charge is 0.372 e. The third-order valence-corrected chi connectivity index (χ3v) is 8.00. The topological polar surface area (TPSA) is 90.0 Å². The zero-order valence-corrected chi connectivity index (χ0v) is 19.5. The van der Waals surface area contributed by atoms with E-state index in [1.165, 1.54) is 19.3 Å². The molecule has 3 aliphatic rings. The molecule has 2 saturated heterocycles. The van der Waals surface area contributed by atoms with Gasteiger partial charge in [-0.1, -0.05) is 12.8 Å². The van der Waals surface area contributed by atoms with E-state index in [4.69, 9.17) is 0 Å². The number of benzene rings is 1. The Kier molecular flexibility index (Phi) is 7.23. The summed E-state index contributed by atoms with van der Waals surface area (Å²) in [5.41, 5.74) is 1.55. The van der Waals surface area contributed by atoms with Crippen LogP contribution in [0.4, 0.5) is 11.4 Å². The zero-order valence-electron chi connectivity index (χ0n) is 18.7. The predicted molar refractivity (Wildman–Crippen MR) is 125 cm³/mol. The first-order chi connectivity index (χ1) is 15.4. The van der Waals surface area contributed by atoms with E-state index in [0.29, 0.717) is 31.9 Å². The number of anilines is 2. The first-order valence-electron chi connectivity index (χ1n) is 11.8. The summed E-state index contributed by atoms with van der Waals surface area (Å²) in [4.78, 5) is 30.8. The summed E-state index contributed by atoms with van der Waals surface area (Å²) in [6.07, 6.45) is 7.76. The molecule has 0 radical (unpaired) electrons. The van der Waals surface area contributed by atoms with Gasteiger partial charge in [-0.15, -0.1) is 0 Å². The van der Waals surface area contributed by atoms with Gasteiger partial charge in [0.25, 0.3) is 0 Å². The number of rotatable bonds is 6. The highest BCUT2D eigenvalue weighted by Crippen LogP contribution is 2.27. The SMILES string of the molecule is O=C(CS(=O)(=O)Nc1ccc(N2CCCCC2)cc1)N1CCN(C(=O)C2CCCC2)CC1. The van der Waals surface area contributed by atoms with Crippen LogP contribution >= 0.6 is 0 Å². The van der Waals surface area contributed by atoms with Gasteiger partial charge in [0.2, 0.25) is 21.8 Å². The Balaban J connectivity index is 1.26. The van der Waals surface area contributed by atoms with Crippen molar-refractivity contribution in [3.05, 3.63) is 24.3 Å². The van der Waals surface area contributed by atoms with E-state index in [-0.39, 0.29) is 11.8 Å². The highest BCUT2D eigenvalue weighted by Gasteiger charge is 2.31. The fraction of sp³-hybridized carbons (Fsp3) is 0.652. The second kappa shape index (κ2) is 10.1. The molecular formula is C23H34N4O4S. The summed E-state index contributed by atoms with van der Waals surface area (Å²) in [6, 6.07) is 7.34. The first kappa shape index (κ1) is 22.9. The molecule has 2 aliphatic heterocycles. The zero-order chi connectivity index (χ0) is 22.6. The molecule has 3 fully saturated rings. The van der Waals surface area contributed by atoms with Gasteiger partial charge in [0.15, 0.2) is 0 Å². The van der Waals surface area contributed by atoms with Crippen LogP contribution in [0.15, 0.2) is 24.3 Å². The molecule has 0 bridgehead atoms. The minimum Gasteiger partial charge on any atom is -0.372 e. The molecule has 0 atom stereocenters. The Hall–Kier alpha value is -2.29. The molecule has 0 unspecified atom stereocenters. The van der Waals surface area contributed by atoms with Crippen LogP contribution < -0.4 is 9.62 Å².